The quantitative estimate of drug-likeness (QED) is 0.837. The van der Waals surface area contributed by atoms with Gasteiger partial charge in [0.2, 0.25) is 0 Å². The number of nitriles is 1. The minimum atomic E-state index is -1.06. The van der Waals surface area contributed by atoms with Gasteiger partial charge in [0, 0.05) is 12.7 Å². The molecule has 0 spiro atoms. The Bertz CT molecular complexity index is 557. The van der Waals surface area contributed by atoms with E-state index in [1.165, 1.54) is 23.7 Å². The molecule has 0 aliphatic carbocycles. The molecule has 1 atom stereocenters. The second-order valence-electron chi connectivity index (χ2n) is 4.34. The van der Waals surface area contributed by atoms with Crippen LogP contribution in [0.1, 0.15) is 12.0 Å². The summed E-state index contributed by atoms with van der Waals surface area (Å²) in [6.07, 6.45) is 2.23. The Morgan fingerprint density at radius 1 is 1.52 bits per heavy atom. The first kappa shape index (κ1) is 16.9. The molecule has 1 unspecified atom stereocenters. The van der Waals surface area contributed by atoms with Crippen molar-refractivity contribution >= 4 is 29.4 Å². The van der Waals surface area contributed by atoms with Gasteiger partial charge >= 0.3 is 12.0 Å². The lowest BCUT2D eigenvalue weighted by molar-refractivity contribution is -0.139. The van der Waals surface area contributed by atoms with Crippen molar-refractivity contribution in [1.29, 1.82) is 5.26 Å². The van der Waals surface area contributed by atoms with Crippen LogP contribution in [0.4, 0.5) is 10.5 Å². The number of urea groups is 1. The first-order valence-corrected chi connectivity index (χ1v) is 7.65. The van der Waals surface area contributed by atoms with Gasteiger partial charge in [0.05, 0.1) is 11.6 Å². The molecule has 0 saturated carbocycles. The summed E-state index contributed by atoms with van der Waals surface area (Å²) in [5.74, 6) is -0.415. The first-order valence-electron chi connectivity index (χ1n) is 6.25. The molecule has 7 heteroatoms. The number of anilines is 1. The van der Waals surface area contributed by atoms with Crippen molar-refractivity contribution in [3.63, 3.8) is 0 Å². The highest BCUT2D eigenvalue weighted by Gasteiger charge is 2.21. The van der Waals surface area contributed by atoms with Gasteiger partial charge in [-0.3, -0.25) is 4.90 Å². The first-order chi connectivity index (χ1) is 9.99. The van der Waals surface area contributed by atoms with Crippen molar-refractivity contribution in [3.8, 4) is 6.07 Å². The lowest BCUT2D eigenvalue weighted by Crippen LogP contribution is -2.47. The zero-order valence-electron chi connectivity index (χ0n) is 11.9. The molecule has 21 heavy (non-hydrogen) atoms. The molecule has 2 N–H and O–H groups in total. The van der Waals surface area contributed by atoms with E-state index in [9.17, 15) is 9.59 Å². The van der Waals surface area contributed by atoms with Crippen molar-refractivity contribution in [2.24, 2.45) is 0 Å². The van der Waals surface area contributed by atoms with Gasteiger partial charge in [-0.05, 0) is 36.6 Å². The molecule has 0 heterocycles. The molecular weight excluding hydrogens is 290 g/mol. The van der Waals surface area contributed by atoms with Crippen molar-refractivity contribution in [3.05, 3.63) is 29.8 Å². The minimum Gasteiger partial charge on any atom is -0.480 e. The number of benzene rings is 1. The minimum absolute atomic E-state index is 0.355. The standard InChI is InChI=1S/C14H17N3O3S/c1-17(11-5-3-4-10(8-11)9-15)14(20)16-12(13(18)19)6-7-21-2/h3-5,8,12H,6-7H2,1-2H3,(H,16,20)(H,18,19). The largest absolute Gasteiger partial charge is 0.480 e. The lowest BCUT2D eigenvalue weighted by atomic mass is 10.2. The average molecular weight is 307 g/mol. The molecule has 0 saturated heterocycles. The summed E-state index contributed by atoms with van der Waals surface area (Å²) < 4.78 is 0. The predicted octanol–water partition coefficient (Wildman–Crippen LogP) is 1.91. The maximum Gasteiger partial charge on any atom is 0.326 e. The second-order valence-corrected chi connectivity index (χ2v) is 5.33. The van der Waals surface area contributed by atoms with Gasteiger partial charge in [-0.1, -0.05) is 6.07 Å². The number of thioether (sulfide) groups is 1. The van der Waals surface area contributed by atoms with E-state index in [4.69, 9.17) is 10.4 Å². The highest BCUT2D eigenvalue weighted by atomic mass is 32.2. The Morgan fingerprint density at radius 2 is 2.24 bits per heavy atom. The van der Waals surface area contributed by atoms with Crippen LogP contribution in [0, 0.1) is 11.3 Å². The average Bonchev–Trinajstić information content (AvgIpc) is 2.50. The van der Waals surface area contributed by atoms with Crippen molar-refractivity contribution < 1.29 is 14.7 Å². The molecule has 1 aromatic rings. The number of nitrogens with one attached hydrogen (secondary N) is 1. The molecule has 2 amide bonds. The van der Waals surface area contributed by atoms with Gasteiger partial charge < -0.3 is 10.4 Å². The number of carboxylic acid groups (broad SMARTS) is 1. The van der Waals surface area contributed by atoms with E-state index in [1.807, 2.05) is 12.3 Å². The highest BCUT2D eigenvalue weighted by Crippen LogP contribution is 2.14. The third-order valence-corrected chi connectivity index (χ3v) is 3.52. The molecule has 0 aliphatic heterocycles. The zero-order chi connectivity index (χ0) is 15.8. The third-order valence-electron chi connectivity index (χ3n) is 2.87. The molecule has 0 radical (unpaired) electrons. The number of hydrogen-bond acceptors (Lipinski definition) is 4. The van der Waals surface area contributed by atoms with Crippen molar-refractivity contribution in [2.75, 3.05) is 24.0 Å². The van der Waals surface area contributed by atoms with Crippen LogP contribution in [0.15, 0.2) is 24.3 Å². The summed E-state index contributed by atoms with van der Waals surface area (Å²) in [5, 5.41) is 20.4. The smallest absolute Gasteiger partial charge is 0.326 e. The van der Waals surface area contributed by atoms with Gasteiger partial charge in [0.1, 0.15) is 6.04 Å². The van der Waals surface area contributed by atoms with Crippen molar-refractivity contribution in [2.45, 2.75) is 12.5 Å². The molecule has 112 valence electrons. The maximum absolute atomic E-state index is 12.1. The fraction of sp³-hybridized carbons (Fsp3) is 0.357. The molecular formula is C14H17N3O3S. The molecule has 6 nitrogen and oxygen atoms in total. The summed E-state index contributed by atoms with van der Waals surface area (Å²) in [6, 6.07) is 7.10. The van der Waals surface area contributed by atoms with Crippen LogP contribution in [0.25, 0.3) is 0 Å². The van der Waals surface area contributed by atoms with Crippen LogP contribution in [-0.2, 0) is 4.79 Å². The van der Waals surface area contributed by atoms with E-state index >= 15 is 0 Å². The summed E-state index contributed by atoms with van der Waals surface area (Å²) in [7, 11) is 1.53. The van der Waals surface area contributed by atoms with E-state index in [0.717, 1.165) is 0 Å². The number of hydrogen-bond donors (Lipinski definition) is 2. The van der Waals surface area contributed by atoms with E-state index in [2.05, 4.69) is 5.32 Å². The van der Waals surface area contributed by atoms with Crippen LogP contribution in [0.5, 0.6) is 0 Å². The number of aliphatic carboxylic acids is 1. The number of carboxylic acids is 1. The maximum atomic E-state index is 12.1. The summed E-state index contributed by atoms with van der Waals surface area (Å²) in [6.45, 7) is 0. The van der Waals surface area contributed by atoms with Crippen LogP contribution >= 0.6 is 11.8 Å². The summed E-state index contributed by atoms with van der Waals surface area (Å²) in [4.78, 5) is 24.5. The normalized spacial score (nSPS) is 11.3. The molecule has 1 rings (SSSR count). The van der Waals surface area contributed by atoms with Gasteiger partial charge in [-0.2, -0.15) is 17.0 Å². The van der Waals surface area contributed by atoms with Gasteiger partial charge in [-0.25, -0.2) is 9.59 Å². The fourth-order valence-corrected chi connectivity index (χ4v) is 2.11. The topological polar surface area (TPSA) is 93.4 Å². The van der Waals surface area contributed by atoms with E-state index < -0.39 is 18.0 Å². The third kappa shape index (κ3) is 5.00. The number of nitrogens with zero attached hydrogens (tertiary/aromatic N) is 2. The Hall–Kier alpha value is -2.20. The fourth-order valence-electron chi connectivity index (χ4n) is 1.64. The number of rotatable bonds is 6. The molecule has 0 fully saturated rings. The van der Waals surface area contributed by atoms with E-state index in [1.54, 1.807) is 24.3 Å². The van der Waals surface area contributed by atoms with Gasteiger partial charge in [0.25, 0.3) is 0 Å². The highest BCUT2D eigenvalue weighted by molar-refractivity contribution is 7.98. The van der Waals surface area contributed by atoms with Crippen LogP contribution in [0.3, 0.4) is 0 Å². The Balaban J connectivity index is 2.76. The van der Waals surface area contributed by atoms with Gasteiger partial charge in [0.15, 0.2) is 0 Å². The monoisotopic (exact) mass is 307 g/mol. The van der Waals surface area contributed by atoms with Crippen LogP contribution in [0.2, 0.25) is 0 Å². The summed E-state index contributed by atoms with van der Waals surface area (Å²) >= 11 is 1.52. The zero-order valence-corrected chi connectivity index (χ0v) is 12.7. The Kier molecular flexibility index (Phi) is 6.56. The van der Waals surface area contributed by atoms with Gasteiger partial charge in [-0.15, -0.1) is 0 Å². The van der Waals surface area contributed by atoms with E-state index in [-0.39, 0.29) is 0 Å². The molecule has 0 aliphatic rings. The second kappa shape index (κ2) is 8.17. The van der Waals surface area contributed by atoms with Crippen LogP contribution < -0.4 is 10.2 Å². The Morgan fingerprint density at radius 3 is 2.81 bits per heavy atom. The number of carbonyl (C=O) groups excluding carboxylic acids is 1. The lowest BCUT2D eigenvalue weighted by Gasteiger charge is -2.21. The number of amides is 2. The molecule has 0 bridgehead atoms. The predicted molar refractivity (Wildman–Crippen MR) is 82.5 cm³/mol. The van der Waals surface area contributed by atoms with E-state index in [0.29, 0.717) is 23.4 Å². The number of carbonyl (C=O) groups is 2. The van der Waals surface area contributed by atoms with Crippen molar-refractivity contribution in [1.82, 2.24) is 5.32 Å². The molecule has 0 aromatic heterocycles. The van der Waals surface area contributed by atoms with Crippen LogP contribution in [-0.4, -0.2) is 42.2 Å². The SMILES string of the molecule is CSCCC(NC(=O)N(C)c1cccc(C#N)c1)C(=O)O. The Labute approximate surface area is 127 Å². The molecule has 1 aromatic carbocycles. The summed E-state index contributed by atoms with van der Waals surface area (Å²) in [5.41, 5.74) is 0.963.